The maximum atomic E-state index is 10.9. The molecule has 0 spiro atoms. The number of nitrogens with one attached hydrogen (secondary N) is 1. The highest BCUT2D eigenvalue weighted by molar-refractivity contribution is 6.29. The van der Waals surface area contributed by atoms with Gasteiger partial charge >= 0.3 is 5.69 Å². The van der Waals surface area contributed by atoms with Gasteiger partial charge in [0.2, 0.25) is 5.82 Å². The zero-order chi connectivity index (χ0) is 13.8. The van der Waals surface area contributed by atoms with Crippen molar-refractivity contribution in [2.75, 3.05) is 5.32 Å². The molecule has 6 nitrogen and oxygen atoms in total. The van der Waals surface area contributed by atoms with E-state index < -0.39 is 4.92 Å². The lowest BCUT2D eigenvalue weighted by molar-refractivity contribution is -0.384. The first kappa shape index (κ1) is 13.2. The van der Waals surface area contributed by atoms with Crippen molar-refractivity contribution in [2.45, 2.75) is 13.5 Å². The molecule has 2 aromatic heterocycles. The molecule has 0 aliphatic rings. The number of hydrogen-bond acceptors (Lipinski definition) is 5. The molecule has 2 rings (SSSR count). The Labute approximate surface area is 114 Å². The summed E-state index contributed by atoms with van der Waals surface area (Å²) in [6.07, 6.45) is 0. The van der Waals surface area contributed by atoms with Crippen LogP contribution in [0.4, 0.5) is 11.5 Å². The Kier molecular flexibility index (Phi) is 3.91. The lowest BCUT2D eigenvalue weighted by Crippen LogP contribution is -2.06. The third-order valence-electron chi connectivity index (χ3n) is 2.42. The van der Waals surface area contributed by atoms with E-state index >= 15 is 0 Å². The summed E-state index contributed by atoms with van der Waals surface area (Å²) in [5.41, 5.74) is 1.54. The van der Waals surface area contributed by atoms with Crippen molar-refractivity contribution in [2.24, 2.45) is 0 Å². The highest BCUT2D eigenvalue weighted by Gasteiger charge is 2.15. The van der Waals surface area contributed by atoms with Crippen LogP contribution >= 0.6 is 11.6 Å². The van der Waals surface area contributed by atoms with Crippen molar-refractivity contribution < 1.29 is 4.92 Å². The summed E-state index contributed by atoms with van der Waals surface area (Å²) >= 11 is 5.74. The van der Waals surface area contributed by atoms with Crippen molar-refractivity contribution in [3.05, 3.63) is 57.0 Å². The van der Waals surface area contributed by atoms with Crippen molar-refractivity contribution in [3.63, 3.8) is 0 Å². The topological polar surface area (TPSA) is 81.0 Å². The molecule has 0 saturated carbocycles. The number of halogens is 1. The number of nitro groups is 1. The minimum atomic E-state index is -0.505. The van der Waals surface area contributed by atoms with Gasteiger partial charge in [0.05, 0.1) is 17.2 Å². The van der Waals surface area contributed by atoms with Crippen LogP contribution in [0.5, 0.6) is 0 Å². The standard InChI is InChI=1S/C12H11ClN4O2/c1-8-3-2-4-9(15-8)7-14-12-10(17(18)19)5-6-11(13)16-12/h2-6H,7H2,1H3,(H,14,16). The number of nitrogens with zero attached hydrogens (tertiary/aromatic N) is 3. The highest BCUT2D eigenvalue weighted by Crippen LogP contribution is 2.24. The van der Waals surface area contributed by atoms with E-state index in [4.69, 9.17) is 11.6 Å². The SMILES string of the molecule is Cc1cccc(CNc2nc(Cl)ccc2[N+](=O)[O-])n1. The third kappa shape index (κ3) is 3.38. The monoisotopic (exact) mass is 278 g/mol. The van der Waals surface area contributed by atoms with Crippen LogP contribution in [0.2, 0.25) is 5.15 Å². The zero-order valence-corrected chi connectivity index (χ0v) is 10.9. The fourth-order valence-electron chi connectivity index (χ4n) is 1.58. The number of anilines is 1. The van der Waals surface area contributed by atoms with Crippen molar-refractivity contribution in [1.29, 1.82) is 0 Å². The molecule has 98 valence electrons. The molecule has 0 bridgehead atoms. The van der Waals surface area contributed by atoms with Crippen LogP contribution in [0.15, 0.2) is 30.3 Å². The van der Waals surface area contributed by atoms with Crippen LogP contribution in [-0.2, 0) is 6.54 Å². The van der Waals surface area contributed by atoms with Crippen LogP contribution in [0.1, 0.15) is 11.4 Å². The number of rotatable bonds is 4. The van der Waals surface area contributed by atoms with Gasteiger partial charge in [0.1, 0.15) is 5.15 Å². The van der Waals surface area contributed by atoms with Crippen molar-refractivity contribution >= 4 is 23.1 Å². The summed E-state index contributed by atoms with van der Waals surface area (Å²) in [7, 11) is 0. The van der Waals surface area contributed by atoms with Crippen LogP contribution in [0.25, 0.3) is 0 Å². The van der Waals surface area contributed by atoms with E-state index in [1.54, 1.807) is 0 Å². The molecule has 0 amide bonds. The number of aromatic nitrogens is 2. The van der Waals surface area contributed by atoms with Gasteiger partial charge in [-0.25, -0.2) is 4.98 Å². The molecular weight excluding hydrogens is 268 g/mol. The molecule has 7 heteroatoms. The Morgan fingerprint density at radius 2 is 2.11 bits per heavy atom. The van der Waals surface area contributed by atoms with E-state index in [9.17, 15) is 10.1 Å². The lowest BCUT2D eigenvalue weighted by Gasteiger charge is -2.06. The smallest absolute Gasteiger partial charge is 0.311 e. The molecule has 0 aromatic carbocycles. The second-order valence-electron chi connectivity index (χ2n) is 3.88. The third-order valence-corrected chi connectivity index (χ3v) is 2.63. The van der Waals surface area contributed by atoms with E-state index in [0.29, 0.717) is 6.54 Å². The van der Waals surface area contributed by atoms with Gasteiger partial charge in [-0.05, 0) is 25.1 Å². The fourth-order valence-corrected chi connectivity index (χ4v) is 1.73. The second kappa shape index (κ2) is 5.62. The number of aryl methyl sites for hydroxylation is 1. The van der Waals surface area contributed by atoms with Gasteiger partial charge < -0.3 is 5.32 Å². The van der Waals surface area contributed by atoms with Gasteiger partial charge in [0, 0.05) is 11.8 Å². The van der Waals surface area contributed by atoms with Gasteiger partial charge in [0.15, 0.2) is 0 Å². The summed E-state index contributed by atoms with van der Waals surface area (Å²) in [4.78, 5) is 18.6. The van der Waals surface area contributed by atoms with Gasteiger partial charge in [-0.1, -0.05) is 17.7 Å². The summed E-state index contributed by atoms with van der Waals surface area (Å²) in [6.45, 7) is 2.22. The molecule has 0 saturated heterocycles. The maximum Gasteiger partial charge on any atom is 0.311 e. The molecule has 0 aliphatic heterocycles. The minimum absolute atomic E-state index is 0.114. The Morgan fingerprint density at radius 3 is 2.79 bits per heavy atom. The summed E-state index contributed by atoms with van der Waals surface area (Å²) in [5.74, 6) is 0.140. The average Bonchev–Trinajstić information content (AvgIpc) is 2.36. The van der Waals surface area contributed by atoms with E-state index in [-0.39, 0.29) is 16.7 Å². The van der Waals surface area contributed by atoms with Crippen LogP contribution in [0, 0.1) is 17.0 Å². The van der Waals surface area contributed by atoms with Gasteiger partial charge in [0.25, 0.3) is 0 Å². The molecule has 0 atom stereocenters. The van der Waals surface area contributed by atoms with Crippen LogP contribution in [-0.4, -0.2) is 14.9 Å². The fraction of sp³-hybridized carbons (Fsp3) is 0.167. The number of hydrogen-bond donors (Lipinski definition) is 1. The molecule has 0 radical (unpaired) electrons. The first-order chi connectivity index (χ1) is 9.06. The molecular formula is C12H11ClN4O2. The molecule has 2 aromatic rings. The molecule has 19 heavy (non-hydrogen) atoms. The lowest BCUT2D eigenvalue weighted by atomic mass is 10.3. The van der Waals surface area contributed by atoms with Gasteiger partial charge in [-0.15, -0.1) is 0 Å². The summed E-state index contributed by atoms with van der Waals surface area (Å²) < 4.78 is 0. The minimum Gasteiger partial charge on any atom is -0.359 e. The Morgan fingerprint density at radius 1 is 1.32 bits per heavy atom. The summed E-state index contributed by atoms with van der Waals surface area (Å²) in [5, 5.41) is 13.9. The van der Waals surface area contributed by atoms with Gasteiger partial charge in [-0.3, -0.25) is 15.1 Å². The molecule has 2 heterocycles. The van der Waals surface area contributed by atoms with E-state index in [1.807, 2.05) is 25.1 Å². The largest absolute Gasteiger partial charge is 0.359 e. The van der Waals surface area contributed by atoms with E-state index in [1.165, 1.54) is 12.1 Å². The summed E-state index contributed by atoms with van der Waals surface area (Å²) in [6, 6.07) is 8.29. The molecule has 0 aliphatic carbocycles. The zero-order valence-electron chi connectivity index (χ0n) is 10.1. The first-order valence-electron chi connectivity index (χ1n) is 5.53. The maximum absolute atomic E-state index is 10.9. The Hall–Kier alpha value is -2.21. The van der Waals surface area contributed by atoms with E-state index in [0.717, 1.165) is 11.4 Å². The highest BCUT2D eigenvalue weighted by atomic mass is 35.5. The normalized spacial score (nSPS) is 10.2. The Bertz CT molecular complexity index is 618. The van der Waals surface area contributed by atoms with Crippen molar-refractivity contribution in [1.82, 2.24) is 9.97 Å². The predicted octanol–water partition coefficient (Wildman–Crippen LogP) is 2.96. The van der Waals surface area contributed by atoms with Gasteiger partial charge in [-0.2, -0.15) is 0 Å². The van der Waals surface area contributed by atoms with Crippen LogP contribution in [0.3, 0.4) is 0 Å². The average molecular weight is 279 g/mol. The quantitative estimate of drug-likeness (QED) is 0.528. The number of pyridine rings is 2. The second-order valence-corrected chi connectivity index (χ2v) is 4.27. The van der Waals surface area contributed by atoms with E-state index in [2.05, 4.69) is 15.3 Å². The molecule has 1 N–H and O–H groups in total. The van der Waals surface area contributed by atoms with Crippen LogP contribution < -0.4 is 5.32 Å². The Balaban J connectivity index is 2.19. The molecule has 0 fully saturated rings. The first-order valence-corrected chi connectivity index (χ1v) is 5.91. The predicted molar refractivity (Wildman–Crippen MR) is 72.2 cm³/mol. The molecule has 0 unspecified atom stereocenters. The van der Waals surface area contributed by atoms with Crippen molar-refractivity contribution in [3.8, 4) is 0 Å².